The standard InChI is InChI=1S/C42H47NO6S/c1-37(2)25-23-24(50-43-25)36(44)42(11,12)35-22-21-34(49-35)41(9,10)33-20-19-32(48-33)40(7,8)31-18-17-30(47-31)39(5,6)29-16-15-28(46-29)38(3,4)27-14-13-26(37)45-27/h13-23H,1-12H3. The minimum atomic E-state index is -0.931. The van der Waals surface area contributed by atoms with Crippen LogP contribution in [0.3, 0.4) is 0 Å². The van der Waals surface area contributed by atoms with Crippen molar-refractivity contribution in [2.45, 2.75) is 116 Å². The summed E-state index contributed by atoms with van der Waals surface area (Å²) in [6.07, 6.45) is 0. The quantitative estimate of drug-likeness (QED) is 0.156. The maximum Gasteiger partial charge on any atom is 0.187 e. The first-order valence-corrected chi connectivity index (χ1v) is 18.0. The summed E-state index contributed by atoms with van der Waals surface area (Å²) in [5, 5.41) is 0. The van der Waals surface area contributed by atoms with Crippen molar-refractivity contribution in [3.8, 4) is 0 Å². The summed E-state index contributed by atoms with van der Waals surface area (Å²) in [7, 11) is 0. The fourth-order valence-electron chi connectivity index (χ4n) is 6.76. The molecule has 0 radical (unpaired) electrons. The predicted molar refractivity (Wildman–Crippen MR) is 194 cm³/mol. The van der Waals surface area contributed by atoms with Crippen LogP contribution in [0.15, 0.2) is 88.8 Å². The molecule has 0 aromatic carbocycles. The van der Waals surface area contributed by atoms with E-state index < -0.39 is 32.5 Å². The molecule has 1 aliphatic heterocycles. The Morgan fingerprint density at radius 1 is 0.400 bits per heavy atom. The summed E-state index contributed by atoms with van der Waals surface area (Å²) < 4.78 is 37.7. The summed E-state index contributed by atoms with van der Waals surface area (Å²) in [5.41, 5.74) is -3.04. The molecule has 0 N–H and O–H groups in total. The molecule has 0 atom stereocenters. The van der Waals surface area contributed by atoms with Gasteiger partial charge in [0, 0.05) is 0 Å². The van der Waals surface area contributed by atoms with Crippen LogP contribution in [0, 0.1) is 0 Å². The Labute approximate surface area is 298 Å². The highest BCUT2D eigenvalue weighted by atomic mass is 32.1. The van der Waals surface area contributed by atoms with E-state index in [-0.39, 0.29) is 5.78 Å². The van der Waals surface area contributed by atoms with Crippen LogP contribution < -0.4 is 0 Å². The second-order valence-corrected chi connectivity index (χ2v) is 17.8. The molecule has 1 aliphatic rings. The lowest BCUT2D eigenvalue weighted by Gasteiger charge is -2.24. The molecule has 7 heterocycles. The van der Waals surface area contributed by atoms with Crippen LogP contribution in [-0.2, 0) is 32.5 Å². The molecule has 50 heavy (non-hydrogen) atoms. The lowest BCUT2D eigenvalue weighted by atomic mass is 9.83. The first-order valence-electron chi connectivity index (χ1n) is 17.2. The first kappa shape index (κ1) is 34.2. The van der Waals surface area contributed by atoms with Gasteiger partial charge in [0.2, 0.25) is 0 Å². The fourth-order valence-corrected chi connectivity index (χ4v) is 7.74. The average Bonchev–Trinajstić information content (AvgIpc) is 3.91. The second kappa shape index (κ2) is 10.8. The number of aromatic nitrogens is 1. The van der Waals surface area contributed by atoms with E-state index in [1.54, 1.807) is 0 Å². The lowest BCUT2D eigenvalue weighted by Crippen LogP contribution is -2.28. The van der Waals surface area contributed by atoms with Gasteiger partial charge in [-0.15, -0.1) is 0 Å². The van der Waals surface area contributed by atoms with Crippen LogP contribution in [0.2, 0.25) is 0 Å². The summed E-state index contributed by atoms with van der Waals surface area (Å²) >= 11 is 1.21. The van der Waals surface area contributed by atoms with E-state index in [2.05, 4.69) is 69.2 Å². The van der Waals surface area contributed by atoms with E-state index in [0.717, 1.165) is 51.8 Å². The highest BCUT2D eigenvalue weighted by Crippen LogP contribution is 2.45. The number of rotatable bonds is 0. The molecule has 8 heteroatoms. The van der Waals surface area contributed by atoms with Gasteiger partial charge in [-0.05, 0) is 161 Å². The van der Waals surface area contributed by atoms with Gasteiger partial charge in [-0.2, -0.15) is 4.37 Å². The zero-order chi connectivity index (χ0) is 36.2. The van der Waals surface area contributed by atoms with E-state index in [0.29, 0.717) is 16.4 Å². The van der Waals surface area contributed by atoms with Crippen LogP contribution >= 0.6 is 11.5 Å². The molecule has 0 unspecified atom stereocenters. The lowest BCUT2D eigenvalue weighted by molar-refractivity contribution is 0.0894. The monoisotopic (exact) mass is 693 g/mol. The smallest absolute Gasteiger partial charge is 0.187 e. The average molecular weight is 694 g/mol. The van der Waals surface area contributed by atoms with Crippen LogP contribution in [0.5, 0.6) is 0 Å². The Kier molecular flexibility index (Phi) is 7.41. The van der Waals surface area contributed by atoms with Gasteiger partial charge in [0.05, 0.1) is 43.1 Å². The SMILES string of the molecule is CC1(C)C(=O)c2cc(ns2)C(C)(C)c2ccc(o2)C(C)(C)c2ccc(o2)C(C)(C)c2ccc(o2)C(C)(C)c2ccc(o2)C(C)(C)c2ccc1o2. The Morgan fingerprint density at radius 3 is 0.920 bits per heavy atom. The largest absolute Gasteiger partial charge is 0.464 e. The van der Waals surface area contributed by atoms with E-state index >= 15 is 0 Å². The van der Waals surface area contributed by atoms with Crippen molar-refractivity contribution < 1.29 is 26.9 Å². The molecule has 12 bridgehead atoms. The molecule has 6 aromatic heterocycles. The van der Waals surface area contributed by atoms with E-state index in [1.807, 2.05) is 80.6 Å². The third-order valence-corrected chi connectivity index (χ3v) is 11.9. The molecule has 6 aromatic rings. The van der Waals surface area contributed by atoms with Crippen molar-refractivity contribution in [1.82, 2.24) is 4.37 Å². The highest BCUT2D eigenvalue weighted by Gasteiger charge is 2.42. The molecular formula is C42H47NO6S. The van der Waals surface area contributed by atoms with Crippen LogP contribution in [0.4, 0.5) is 0 Å². The zero-order valence-electron chi connectivity index (χ0n) is 31.2. The van der Waals surface area contributed by atoms with Crippen molar-refractivity contribution in [3.63, 3.8) is 0 Å². The van der Waals surface area contributed by atoms with Crippen molar-refractivity contribution in [1.29, 1.82) is 0 Å². The predicted octanol–water partition coefficient (Wildman–Crippen LogP) is 11.2. The molecule has 0 saturated heterocycles. The zero-order valence-corrected chi connectivity index (χ0v) is 32.0. The van der Waals surface area contributed by atoms with E-state index in [1.165, 1.54) is 11.5 Å². The Bertz CT molecular complexity index is 2210. The summed E-state index contributed by atoms with van der Waals surface area (Å²) in [6, 6.07) is 21.9. The van der Waals surface area contributed by atoms with Crippen molar-refractivity contribution in [2.24, 2.45) is 0 Å². The second-order valence-electron chi connectivity index (χ2n) is 17.0. The summed E-state index contributed by atoms with van der Waals surface area (Å²) in [5.74, 6) is 7.45. The van der Waals surface area contributed by atoms with Crippen LogP contribution in [0.25, 0.3) is 0 Å². The fraction of sp³-hybridized carbons (Fsp3) is 0.429. The van der Waals surface area contributed by atoms with Gasteiger partial charge in [-0.3, -0.25) is 4.79 Å². The van der Waals surface area contributed by atoms with E-state index in [4.69, 9.17) is 26.5 Å². The van der Waals surface area contributed by atoms with E-state index in [9.17, 15) is 4.79 Å². The molecule has 0 fully saturated rings. The van der Waals surface area contributed by atoms with Crippen LogP contribution in [0.1, 0.15) is 156 Å². The number of hydrogen-bond acceptors (Lipinski definition) is 8. The van der Waals surface area contributed by atoms with Gasteiger partial charge in [0.15, 0.2) is 5.78 Å². The molecule has 7 nitrogen and oxygen atoms in total. The number of hydrogen-bond donors (Lipinski definition) is 0. The van der Waals surface area contributed by atoms with Gasteiger partial charge in [-0.25, -0.2) is 0 Å². The van der Waals surface area contributed by atoms with Crippen molar-refractivity contribution >= 4 is 17.3 Å². The number of carbonyl (C=O) groups is 1. The van der Waals surface area contributed by atoms with Gasteiger partial charge in [0.1, 0.15) is 57.6 Å². The summed E-state index contributed by atoms with van der Waals surface area (Å²) in [4.78, 5) is 14.7. The van der Waals surface area contributed by atoms with Crippen molar-refractivity contribution in [3.05, 3.63) is 135 Å². The molecule has 7 rings (SSSR count). The number of Topliss-reactive ketones (excluding diaryl/α,β-unsaturated/α-hetero) is 1. The molecule has 0 saturated carbocycles. The molecule has 0 amide bonds. The number of furan rings is 5. The molecule has 0 aliphatic carbocycles. The van der Waals surface area contributed by atoms with Gasteiger partial charge in [0.25, 0.3) is 0 Å². The highest BCUT2D eigenvalue weighted by molar-refractivity contribution is 7.08. The molecular weight excluding hydrogens is 647 g/mol. The molecule has 0 spiro atoms. The summed E-state index contributed by atoms with van der Waals surface area (Å²) in [6.45, 7) is 24.7. The van der Waals surface area contributed by atoms with Crippen molar-refractivity contribution in [2.75, 3.05) is 0 Å². The molecule has 262 valence electrons. The number of ketones is 1. The third-order valence-electron chi connectivity index (χ3n) is 11.1. The maximum absolute atomic E-state index is 14.1. The van der Waals surface area contributed by atoms with Gasteiger partial charge >= 0.3 is 0 Å². The van der Waals surface area contributed by atoms with Crippen LogP contribution in [-0.4, -0.2) is 10.2 Å². The Hall–Kier alpha value is -4.30. The van der Waals surface area contributed by atoms with Gasteiger partial charge in [-0.1, -0.05) is 0 Å². The maximum atomic E-state index is 14.1. The minimum absolute atomic E-state index is 0.0565. The number of nitrogens with zero attached hydrogens (tertiary/aromatic N) is 1. The number of fused-ring (bicyclic) bond motifs is 12. The topological polar surface area (TPSA) is 95.7 Å². The number of carbonyl (C=O) groups excluding carboxylic acids is 1. The first-order chi connectivity index (χ1) is 23.2. The normalized spacial score (nSPS) is 20.2. The Morgan fingerprint density at radius 2 is 0.640 bits per heavy atom. The van der Waals surface area contributed by atoms with Gasteiger partial charge < -0.3 is 22.1 Å². The minimum Gasteiger partial charge on any atom is -0.464 e. The third kappa shape index (κ3) is 5.04. The Balaban J connectivity index is 1.37.